The Morgan fingerprint density at radius 1 is 1.08 bits per heavy atom. The van der Waals surface area contributed by atoms with Crippen LogP contribution in [0.2, 0.25) is 0 Å². The number of hydrogen-bond acceptors (Lipinski definition) is 5. The van der Waals surface area contributed by atoms with Crippen molar-refractivity contribution in [1.82, 2.24) is 19.6 Å². The number of ether oxygens (including phenoxy) is 1. The molecule has 0 radical (unpaired) electrons. The summed E-state index contributed by atoms with van der Waals surface area (Å²) in [6.45, 7) is 3.17. The van der Waals surface area contributed by atoms with E-state index >= 15 is 0 Å². The first-order valence-corrected chi connectivity index (χ1v) is 11.9. The van der Waals surface area contributed by atoms with Crippen LogP contribution in [0.4, 0.5) is 19.0 Å². The van der Waals surface area contributed by atoms with Crippen molar-refractivity contribution in [2.75, 3.05) is 38.6 Å². The van der Waals surface area contributed by atoms with E-state index in [1.807, 2.05) is 18.2 Å². The minimum absolute atomic E-state index is 0.105. The van der Waals surface area contributed by atoms with E-state index in [1.54, 1.807) is 29.2 Å². The molecule has 2 atom stereocenters. The van der Waals surface area contributed by atoms with Crippen LogP contribution in [0, 0.1) is 0 Å². The van der Waals surface area contributed by atoms with Gasteiger partial charge in [0.05, 0.1) is 19.3 Å². The maximum atomic E-state index is 14.0. The van der Waals surface area contributed by atoms with Crippen LogP contribution in [0.1, 0.15) is 40.0 Å². The summed E-state index contributed by atoms with van der Waals surface area (Å²) in [6.07, 6.45) is -3.49. The number of anilines is 1. The number of fused-ring (bicyclic) bond motifs is 1. The molecule has 0 saturated carbocycles. The smallest absolute Gasteiger partial charge is 0.410 e. The van der Waals surface area contributed by atoms with Gasteiger partial charge >= 0.3 is 6.18 Å². The van der Waals surface area contributed by atoms with E-state index in [-0.39, 0.29) is 23.7 Å². The quantitative estimate of drug-likeness (QED) is 0.560. The molecule has 0 aliphatic carbocycles. The van der Waals surface area contributed by atoms with Crippen molar-refractivity contribution in [2.45, 2.75) is 31.2 Å². The number of rotatable bonds is 5. The highest BCUT2D eigenvalue weighted by Crippen LogP contribution is 2.44. The fourth-order valence-electron chi connectivity index (χ4n) is 4.92. The first-order valence-electron chi connectivity index (χ1n) is 11.9. The van der Waals surface area contributed by atoms with Crippen LogP contribution in [0.15, 0.2) is 60.8 Å². The number of methoxy groups -OCH3 is 1. The lowest BCUT2D eigenvalue weighted by atomic mass is 9.96. The third kappa shape index (κ3) is 4.90. The minimum Gasteiger partial charge on any atom is -0.497 e. The third-order valence-corrected chi connectivity index (χ3v) is 6.87. The summed E-state index contributed by atoms with van der Waals surface area (Å²) < 4.78 is 48.2. The Hall–Kier alpha value is -3.53. The average molecular weight is 500 g/mol. The van der Waals surface area contributed by atoms with E-state index in [9.17, 15) is 18.0 Å². The molecule has 0 unspecified atom stereocenters. The first-order chi connectivity index (χ1) is 17.3. The van der Waals surface area contributed by atoms with E-state index in [0.717, 1.165) is 11.2 Å². The van der Waals surface area contributed by atoms with Gasteiger partial charge in [-0.15, -0.1) is 0 Å². The van der Waals surface area contributed by atoms with Gasteiger partial charge < -0.3 is 15.0 Å². The number of amides is 1. The molecule has 1 saturated heterocycles. The lowest BCUT2D eigenvalue weighted by Gasteiger charge is -2.36. The molecule has 7 nitrogen and oxygen atoms in total. The van der Waals surface area contributed by atoms with Crippen molar-refractivity contribution >= 4 is 11.7 Å². The van der Waals surface area contributed by atoms with Gasteiger partial charge in [0.25, 0.3) is 5.91 Å². The Morgan fingerprint density at radius 3 is 2.53 bits per heavy atom. The van der Waals surface area contributed by atoms with E-state index in [0.29, 0.717) is 37.5 Å². The Kier molecular flexibility index (Phi) is 6.61. The van der Waals surface area contributed by atoms with Gasteiger partial charge in [0, 0.05) is 39.1 Å². The summed E-state index contributed by atoms with van der Waals surface area (Å²) >= 11 is 0. The van der Waals surface area contributed by atoms with Gasteiger partial charge in [-0.2, -0.15) is 18.3 Å². The van der Waals surface area contributed by atoms with E-state index in [4.69, 9.17) is 4.74 Å². The van der Waals surface area contributed by atoms with Gasteiger partial charge in [0.2, 0.25) is 0 Å². The maximum absolute atomic E-state index is 14.0. The number of alkyl halides is 3. The summed E-state index contributed by atoms with van der Waals surface area (Å²) in [7, 11) is 1.51. The number of carbonyl (C=O) groups is 1. The van der Waals surface area contributed by atoms with Gasteiger partial charge in [-0.3, -0.25) is 9.69 Å². The molecule has 2 aromatic carbocycles. The van der Waals surface area contributed by atoms with Crippen LogP contribution < -0.4 is 10.1 Å². The zero-order chi connectivity index (χ0) is 25.3. The van der Waals surface area contributed by atoms with Crippen molar-refractivity contribution in [3.05, 3.63) is 77.5 Å². The van der Waals surface area contributed by atoms with Crippen LogP contribution in [0.25, 0.3) is 0 Å². The number of hydrogen-bond donors (Lipinski definition) is 1. The first kappa shape index (κ1) is 24.2. The molecular weight excluding hydrogens is 471 g/mol. The average Bonchev–Trinajstić information content (AvgIpc) is 3.32. The van der Waals surface area contributed by atoms with Crippen molar-refractivity contribution < 1.29 is 22.7 Å². The van der Waals surface area contributed by atoms with E-state index in [1.165, 1.54) is 18.9 Å². The number of aromatic nitrogens is 2. The number of nitrogens with zero attached hydrogens (tertiary/aromatic N) is 4. The molecular formula is C26H28F3N5O2. The normalized spacial score (nSPS) is 20.5. The number of benzene rings is 2. The molecule has 36 heavy (non-hydrogen) atoms. The zero-order valence-electron chi connectivity index (χ0n) is 19.9. The lowest BCUT2D eigenvalue weighted by Crippen LogP contribution is -2.48. The highest BCUT2D eigenvalue weighted by molar-refractivity contribution is 5.99. The predicted molar refractivity (Wildman–Crippen MR) is 129 cm³/mol. The number of halogens is 3. The van der Waals surface area contributed by atoms with E-state index < -0.39 is 18.3 Å². The predicted octanol–water partition coefficient (Wildman–Crippen LogP) is 4.51. The van der Waals surface area contributed by atoms with Crippen molar-refractivity contribution in [1.29, 1.82) is 0 Å². The fourth-order valence-corrected chi connectivity index (χ4v) is 4.92. The van der Waals surface area contributed by atoms with Crippen molar-refractivity contribution in [3.63, 3.8) is 0 Å². The highest BCUT2D eigenvalue weighted by Gasteiger charge is 2.47. The van der Waals surface area contributed by atoms with Gasteiger partial charge in [0.15, 0.2) is 6.04 Å². The second kappa shape index (κ2) is 9.85. The monoisotopic (exact) mass is 499 g/mol. The summed E-state index contributed by atoms with van der Waals surface area (Å²) in [5, 5.41) is 7.17. The topological polar surface area (TPSA) is 62.6 Å². The highest BCUT2D eigenvalue weighted by atomic mass is 19.4. The Morgan fingerprint density at radius 2 is 1.83 bits per heavy atom. The largest absolute Gasteiger partial charge is 0.497 e. The second-order valence-corrected chi connectivity index (χ2v) is 9.17. The Balaban J connectivity index is 1.35. The lowest BCUT2D eigenvalue weighted by molar-refractivity contribution is -0.173. The number of piperazine rings is 1. The van der Waals surface area contributed by atoms with Crippen molar-refractivity contribution in [3.8, 4) is 5.75 Å². The second-order valence-electron chi connectivity index (χ2n) is 9.17. The molecule has 10 heteroatoms. The molecule has 1 amide bonds. The number of nitrogens with one attached hydrogen (secondary N) is 1. The Bertz CT molecular complexity index is 1210. The van der Waals surface area contributed by atoms with Crippen LogP contribution in [0.3, 0.4) is 0 Å². The van der Waals surface area contributed by atoms with Crippen LogP contribution in [-0.2, 0) is 6.54 Å². The van der Waals surface area contributed by atoms with Crippen molar-refractivity contribution in [2.24, 2.45) is 0 Å². The molecule has 1 N–H and O–H groups in total. The third-order valence-electron chi connectivity index (χ3n) is 6.87. The fraction of sp³-hybridized carbons (Fsp3) is 0.385. The maximum Gasteiger partial charge on any atom is 0.410 e. The Labute approximate surface area is 207 Å². The van der Waals surface area contributed by atoms with Crippen LogP contribution in [-0.4, -0.2) is 65.0 Å². The van der Waals surface area contributed by atoms with Gasteiger partial charge in [-0.1, -0.05) is 42.5 Å². The number of carbonyl (C=O) groups excluding carboxylic acids is 1. The van der Waals surface area contributed by atoms with Crippen LogP contribution in [0.5, 0.6) is 5.75 Å². The molecule has 3 heterocycles. The standard InChI is InChI=1S/C26H28F3N5O2/c1-36-20-9-5-8-19(14-20)22-15-23(26(27,28)29)34-24(31-22)21(16-30-34)25(35)33-12-10-32(11-13-33)17-18-6-3-2-4-7-18/h2-9,14,16,22-23,31H,10-13,15,17H2,1H3/t22-,23-/m0/s1. The summed E-state index contributed by atoms with van der Waals surface area (Å²) in [5.41, 5.74) is 2.02. The summed E-state index contributed by atoms with van der Waals surface area (Å²) in [6, 6.07) is 14.6. The molecule has 2 aliphatic heterocycles. The molecule has 0 bridgehead atoms. The van der Waals surface area contributed by atoms with Gasteiger partial charge in [0.1, 0.15) is 17.1 Å². The van der Waals surface area contributed by atoms with Gasteiger partial charge in [-0.25, -0.2) is 4.68 Å². The minimum atomic E-state index is -4.51. The van der Waals surface area contributed by atoms with E-state index in [2.05, 4.69) is 27.4 Å². The summed E-state index contributed by atoms with van der Waals surface area (Å²) in [5.74, 6) is 0.352. The van der Waals surface area contributed by atoms with Crippen LogP contribution >= 0.6 is 0 Å². The zero-order valence-corrected chi connectivity index (χ0v) is 19.9. The van der Waals surface area contributed by atoms with Gasteiger partial charge in [-0.05, 0) is 23.3 Å². The molecule has 0 spiro atoms. The molecule has 5 rings (SSSR count). The molecule has 1 aromatic heterocycles. The molecule has 2 aliphatic rings. The molecule has 3 aromatic rings. The molecule has 190 valence electrons. The SMILES string of the molecule is COc1cccc([C@@H]2C[C@@H](C(F)(F)F)n3ncc(C(=O)N4CCN(Cc5ccccc5)CC4)c3N2)c1. The molecule has 1 fully saturated rings. The summed E-state index contributed by atoms with van der Waals surface area (Å²) in [4.78, 5) is 17.4.